The maximum Gasteiger partial charge on any atom is 0.332 e. The van der Waals surface area contributed by atoms with Gasteiger partial charge in [-0.05, 0) is 5.92 Å². The number of hydrogen-bond donors (Lipinski definition) is 0. The molecule has 0 radical (unpaired) electrons. The average molecular weight is 307 g/mol. The molecule has 2 heterocycles. The number of aromatic nitrogens is 4. The van der Waals surface area contributed by atoms with Gasteiger partial charge < -0.3 is 9.47 Å². The molecule has 8 nitrogen and oxygen atoms in total. The van der Waals surface area contributed by atoms with Crippen molar-refractivity contribution in [3.8, 4) is 0 Å². The largest absolute Gasteiger partial charge is 0.344 e. The zero-order valence-corrected chi connectivity index (χ0v) is 13.5. The minimum Gasteiger partial charge on any atom is -0.344 e. The number of carbonyl (C=O) groups is 1. The molecule has 0 saturated carbocycles. The van der Waals surface area contributed by atoms with Crippen LogP contribution in [0.4, 0.5) is 0 Å². The van der Waals surface area contributed by atoms with Crippen molar-refractivity contribution in [2.24, 2.45) is 20.0 Å². The number of imidazole rings is 1. The van der Waals surface area contributed by atoms with E-state index in [2.05, 4.69) is 4.98 Å². The van der Waals surface area contributed by atoms with Gasteiger partial charge in [-0.2, -0.15) is 0 Å². The molecule has 0 N–H and O–H groups in total. The second-order valence-electron chi connectivity index (χ2n) is 5.93. The van der Waals surface area contributed by atoms with Crippen molar-refractivity contribution < 1.29 is 4.79 Å². The van der Waals surface area contributed by atoms with E-state index in [9.17, 15) is 14.4 Å². The molecular weight excluding hydrogens is 286 g/mol. The maximum atomic E-state index is 12.5. The van der Waals surface area contributed by atoms with Gasteiger partial charge in [-0.15, -0.1) is 0 Å². The van der Waals surface area contributed by atoms with Crippen LogP contribution >= 0.6 is 0 Å². The summed E-state index contributed by atoms with van der Waals surface area (Å²) in [6, 6.07) is 0. The Morgan fingerprint density at radius 2 is 1.95 bits per heavy atom. The summed E-state index contributed by atoms with van der Waals surface area (Å²) in [6.07, 6.45) is 1.47. The molecule has 2 aromatic rings. The van der Waals surface area contributed by atoms with Gasteiger partial charge in [-0.25, -0.2) is 14.3 Å². The van der Waals surface area contributed by atoms with E-state index < -0.39 is 11.2 Å². The standard InChI is InChI=1S/C14H21N5O3/c1-9(2)6-16(3)10(20)7-19-13(21)11-12(15-8-17(11)4)18(5)14(19)22/h8-9H,6-7H2,1-5H3. The third-order valence-electron chi connectivity index (χ3n) is 3.56. The number of nitrogens with zero attached hydrogens (tertiary/aromatic N) is 5. The van der Waals surface area contributed by atoms with Crippen LogP contribution in [0.2, 0.25) is 0 Å². The summed E-state index contributed by atoms with van der Waals surface area (Å²) in [4.78, 5) is 42.6. The molecule has 2 aromatic heterocycles. The molecule has 0 aliphatic carbocycles. The molecule has 2 rings (SSSR count). The molecule has 0 unspecified atom stereocenters. The van der Waals surface area contributed by atoms with E-state index in [1.807, 2.05) is 13.8 Å². The van der Waals surface area contributed by atoms with Crippen LogP contribution in [0.15, 0.2) is 15.9 Å². The molecule has 0 aromatic carbocycles. The van der Waals surface area contributed by atoms with E-state index in [1.54, 1.807) is 18.7 Å². The number of hydrogen-bond acceptors (Lipinski definition) is 4. The molecule has 22 heavy (non-hydrogen) atoms. The first-order valence-corrected chi connectivity index (χ1v) is 7.08. The van der Waals surface area contributed by atoms with Crippen molar-refractivity contribution in [2.45, 2.75) is 20.4 Å². The van der Waals surface area contributed by atoms with Gasteiger partial charge in [-0.3, -0.25) is 14.2 Å². The number of likely N-dealkylation sites (N-methyl/N-ethyl adjacent to an activating group) is 1. The van der Waals surface area contributed by atoms with Crippen molar-refractivity contribution >= 4 is 17.1 Å². The summed E-state index contributed by atoms with van der Waals surface area (Å²) in [6.45, 7) is 4.30. The Hall–Kier alpha value is -2.38. The minimum absolute atomic E-state index is 0.268. The predicted molar refractivity (Wildman–Crippen MR) is 82.7 cm³/mol. The summed E-state index contributed by atoms with van der Waals surface area (Å²) in [5.41, 5.74) is -0.412. The number of rotatable bonds is 4. The molecular formula is C14H21N5O3. The smallest absolute Gasteiger partial charge is 0.332 e. The number of amides is 1. The third-order valence-corrected chi connectivity index (χ3v) is 3.56. The molecule has 0 aliphatic rings. The van der Waals surface area contributed by atoms with E-state index >= 15 is 0 Å². The van der Waals surface area contributed by atoms with E-state index in [0.717, 1.165) is 4.57 Å². The lowest BCUT2D eigenvalue weighted by atomic mass is 10.2. The average Bonchev–Trinajstić information content (AvgIpc) is 2.82. The number of fused-ring (bicyclic) bond motifs is 1. The summed E-state index contributed by atoms with van der Waals surface area (Å²) in [5.74, 6) is 0.0440. The summed E-state index contributed by atoms with van der Waals surface area (Å²) in [5, 5.41) is 0. The first-order valence-electron chi connectivity index (χ1n) is 7.08. The summed E-state index contributed by atoms with van der Waals surface area (Å²) in [7, 11) is 4.88. The molecule has 0 spiro atoms. The van der Waals surface area contributed by atoms with Crippen LogP contribution in [-0.2, 0) is 25.4 Å². The first-order chi connectivity index (χ1) is 10.2. The van der Waals surface area contributed by atoms with Gasteiger partial charge in [0.15, 0.2) is 11.2 Å². The van der Waals surface area contributed by atoms with Crippen LogP contribution in [0.25, 0.3) is 11.2 Å². The summed E-state index contributed by atoms with van der Waals surface area (Å²) >= 11 is 0. The lowest BCUT2D eigenvalue weighted by Crippen LogP contribution is -2.44. The van der Waals surface area contributed by atoms with Crippen molar-refractivity contribution in [3.05, 3.63) is 27.2 Å². The van der Waals surface area contributed by atoms with E-state index in [-0.39, 0.29) is 12.5 Å². The molecule has 0 saturated heterocycles. The molecule has 120 valence electrons. The van der Waals surface area contributed by atoms with Crippen molar-refractivity contribution in [1.29, 1.82) is 0 Å². The molecule has 0 fully saturated rings. The highest BCUT2D eigenvalue weighted by Gasteiger charge is 2.18. The fourth-order valence-corrected chi connectivity index (χ4v) is 2.44. The monoisotopic (exact) mass is 307 g/mol. The Kier molecular flexibility index (Phi) is 4.20. The summed E-state index contributed by atoms with van der Waals surface area (Å²) < 4.78 is 3.80. The highest BCUT2D eigenvalue weighted by molar-refractivity contribution is 5.76. The van der Waals surface area contributed by atoms with Crippen LogP contribution in [0.1, 0.15) is 13.8 Å². The maximum absolute atomic E-state index is 12.5. The SMILES string of the molecule is CC(C)CN(C)C(=O)Cn1c(=O)c2c(ncn2C)n(C)c1=O. The van der Waals surface area contributed by atoms with Gasteiger partial charge in [0.1, 0.15) is 6.54 Å². The lowest BCUT2D eigenvalue weighted by molar-refractivity contribution is -0.131. The van der Waals surface area contributed by atoms with Gasteiger partial charge in [0, 0.05) is 27.7 Å². The number of aryl methyl sites for hydroxylation is 2. The minimum atomic E-state index is -0.539. The van der Waals surface area contributed by atoms with Gasteiger partial charge in [0.2, 0.25) is 5.91 Å². The fourth-order valence-electron chi connectivity index (χ4n) is 2.44. The van der Waals surface area contributed by atoms with Gasteiger partial charge in [-0.1, -0.05) is 13.8 Å². The second kappa shape index (κ2) is 5.78. The molecule has 1 amide bonds. The Morgan fingerprint density at radius 1 is 1.32 bits per heavy atom. The van der Waals surface area contributed by atoms with Crippen LogP contribution < -0.4 is 11.2 Å². The van der Waals surface area contributed by atoms with Crippen molar-refractivity contribution in [2.75, 3.05) is 13.6 Å². The normalized spacial score (nSPS) is 11.4. The third kappa shape index (κ3) is 2.68. The van der Waals surface area contributed by atoms with E-state index in [0.29, 0.717) is 23.6 Å². The van der Waals surface area contributed by atoms with Crippen LogP contribution in [0.3, 0.4) is 0 Å². The van der Waals surface area contributed by atoms with Gasteiger partial charge in [0.05, 0.1) is 6.33 Å². The topological polar surface area (TPSA) is 82.1 Å². The quantitative estimate of drug-likeness (QED) is 0.766. The zero-order chi connectivity index (χ0) is 16.6. The first kappa shape index (κ1) is 16.0. The predicted octanol–water partition coefficient (Wildman–Crippen LogP) is -0.452. The fraction of sp³-hybridized carbons (Fsp3) is 0.571. The van der Waals surface area contributed by atoms with Crippen LogP contribution in [0.5, 0.6) is 0 Å². The van der Waals surface area contributed by atoms with E-state index in [1.165, 1.54) is 22.8 Å². The van der Waals surface area contributed by atoms with Gasteiger partial charge >= 0.3 is 5.69 Å². The Balaban J connectivity index is 2.48. The van der Waals surface area contributed by atoms with Crippen molar-refractivity contribution in [3.63, 3.8) is 0 Å². The Bertz CT molecular complexity index is 827. The van der Waals surface area contributed by atoms with Gasteiger partial charge in [0.25, 0.3) is 5.56 Å². The van der Waals surface area contributed by atoms with Crippen molar-refractivity contribution in [1.82, 2.24) is 23.6 Å². The zero-order valence-electron chi connectivity index (χ0n) is 13.5. The Morgan fingerprint density at radius 3 is 2.55 bits per heavy atom. The molecule has 8 heteroatoms. The highest BCUT2D eigenvalue weighted by atomic mass is 16.2. The van der Waals surface area contributed by atoms with Crippen LogP contribution in [-0.4, -0.2) is 43.1 Å². The lowest BCUT2D eigenvalue weighted by Gasteiger charge is -2.19. The van der Waals surface area contributed by atoms with Crippen LogP contribution in [0, 0.1) is 5.92 Å². The molecule has 0 bridgehead atoms. The van der Waals surface area contributed by atoms with E-state index in [4.69, 9.17) is 0 Å². The Labute approximate surface area is 127 Å². The molecule has 0 atom stereocenters. The molecule has 0 aliphatic heterocycles. The second-order valence-corrected chi connectivity index (χ2v) is 5.93. The highest BCUT2D eigenvalue weighted by Crippen LogP contribution is 2.03. The number of carbonyl (C=O) groups excluding carboxylic acids is 1.